The van der Waals surface area contributed by atoms with Gasteiger partial charge in [-0.2, -0.15) is 0 Å². The molecular weight excluding hydrogens is 290 g/mol. The van der Waals surface area contributed by atoms with Crippen LogP contribution in [0.2, 0.25) is 0 Å². The standard InChI is InChI=1S/C16H21N7/c1-16(2,7-20-15(18)19)8-23-9-21-12-13(23)10-5-3-4-6-11(10)22-14(12)17/h3-6,9H,7-8H2,1-2H3,(H2,17,22)(H4,18,19,20). The predicted molar refractivity (Wildman–Crippen MR) is 93.1 cm³/mol. The van der Waals surface area contributed by atoms with Crippen LogP contribution in [0.25, 0.3) is 21.9 Å². The summed E-state index contributed by atoms with van der Waals surface area (Å²) in [5, 5.41) is 11.2. The number of hydrogen-bond donors (Lipinski definition) is 4. The van der Waals surface area contributed by atoms with E-state index in [1.165, 1.54) is 0 Å². The molecule has 0 saturated heterocycles. The van der Waals surface area contributed by atoms with Gasteiger partial charge in [-0.25, -0.2) is 9.97 Å². The molecule has 3 aromatic rings. The molecule has 2 aromatic heterocycles. The Morgan fingerprint density at radius 2 is 2.09 bits per heavy atom. The zero-order valence-corrected chi connectivity index (χ0v) is 13.3. The van der Waals surface area contributed by atoms with Crippen molar-refractivity contribution >= 4 is 33.7 Å². The summed E-state index contributed by atoms with van der Waals surface area (Å²) in [4.78, 5) is 8.85. The Labute approximate surface area is 134 Å². The van der Waals surface area contributed by atoms with Crippen molar-refractivity contribution in [3.05, 3.63) is 30.6 Å². The van der Waals surface area contributed by atoms with E-state index >= 15 is 0 Å². The first kappa shape index (κ1) is 15.1. The van der Waals surface area contributed by atoms with Gasteiger partial charge in [-0.1, -0.05) is 32.0 Å². The van der Waals surface area contributed by atoms with Gasteiger partial charge in [0.2, 0.25) is 0 Å². The third-order valence-corrected chi connectivity index (χ3v) is 3.84. The number of hydrogen-bond acceptors (Lipinski definition) is 4. The molecule has 1 aromatic carbocycles. The van der Waals surface area contributed by atoms with Crippen LogP contribution in [0.5, 0.6) is 0 Å². The highest BCUT2D eigenvalue weighted by molar-refractivity contribution is 6.06. The largest absolute Gasteiger partial charge is 0.382 e. The average molecular weight is 311 g/mol. The number of imidazole rings is 1. The Morgan fingerprint density at radius 1 is 1.35 bits per heavy atom. The highest BCUT2D eigenvalue weighted by Gasteiger charge is 2.21. The Morgan fingerprint density at radius 3 is 2.83 bits per heavy atom. The second-order valence-electron chi connectivity index (χ2n) is 6.52. The van der Waals surface area contributed by atoms with Gasteiger partial charge in [0.25, 0.3) is 0 Å². The minimum Gasteiger partial charge on any atom is -0.382 e. The maximum absolute atomic E-state index is 7.31. The second kappa shape index (κ2) is 5.42. The molecule has 0 aliphatic heterocycles. The van der Waals surface area contributed by atoms with Crippen LogP contribution >= 0.6 is 0 Å². The van der Waals surface area contributed by atoms with Crippen molar-refractivity contribution in [2.45, 2.75) is 20.4 Å². The molecule has 0 radical (unpaired) electrons. The summed E-state index contributed by atoms with van der Waals surface area (Å²) in [6.07, 6.45) is 1.80. The Bertz CT molecular complexity index is 879. The zero-order valence-electron chi connectivity index (χ0n) is 13.3. The number of benzene rings is 1. The number of rotatable bonds is 4. The smallest absolute Gasteiger partial charge is 0.185 e. The first-order valence-corrected chi connectivity index (χ1v) is 7.44. The highest BCUT2D eigenvalue weighted by atomic mass is 15.1. The molecule has 3 rings (SSSR count). The lowest BCUT2D eigenvalue weighted by atomic mass is 9.93. The molecule has 0 fully saturated rings. The summed E-state index contributed by atoms with van der Waals surface area (Å²) in [5.41, 5.74) is 13.9. The molecule has 0 unspecified atom stereocenters. The molecule has 7 nitrogen and oxygen atoms in total. The molecule has 6 N–H and O–H groups in total. The minimum absolute atomic E-state index is 0.0209. The molecule has 0 spiro atoms. The van der Waals surface area contributed by atoms with E-state index in [1.807, 2.05) is 24.3 Å². The molecule has 23 heavy (non-hydrogen) atoms. The topological polar surface area (TPSA) is 119 Å². The zero-order chi connectivity index (χ0) is 16.6. The van der Waals surface area contributed by atoms with Crippen LogP contribution in [0, 0.1) is 10.8 Å². The van der Waals surface area contributed by atoms with Crippen LogP contribution in [-0.4, -0.2) is 27.0 Å². The molecule has 120 valence electrons. The molecular formula is C16H21N7. The minimum atomic E-state index is -0.113. The molecule has 0 amide bonds. The van der Waals surface area contributed by atoms with Crippen molar-refractivity contribution in [2.24, 2.45) is 11.1 Å². The third kappa shape index (κ3) is 2.90. The van der Waals surface area contributed by atoms with Gasteiger partial charge in [0.15, 0.2) is 11.8 Å². The quantitative estimate of drug-likeness (QED) is 0.432. The van der Waals surface area contributed by atoms with E-state index in [-0.39, 0.29) is 11.4 Å². The van der Waals surface area contributed by atoms with Gasteiger partial charge >= 0.3 is 0 Å². The van der Waals surface area contributed by atoms with Crippen LogP contribution in [0.4, 0.5) is 5.82 Å². The van der Waals surface area contributed by atoms with Crippen molar-refractivity contribution in [2.75, 3.05) is 12.3 Å². The van der Waals surface area contributed by atoms with Gasteiger partial charge in [0.1, 0.15) is 5.52 Å². The van der Waals surface area contributed by atoms with Crippen molar-refractivity contribution in [1.82, 2.24) is 19.9 Å². The lowest BCUT2D eigenvalue weighted by molar-refractivity contribution is 0.309. The number of nitrogens with two attached hydrogens (primary N) is 2. The maximum atomic E-state index is 7.31. The summed E-state index contributed by atoms with van der Waals surface area (Å²) < 4.78 is 2.09. The monoisotopic (exact) mass is 311 g/mol. The summed E-state index contributed by atoms with van der Waals surface area (Å²) in [5.74, 6) is 0.421. The van der Waals surface area contributed by atoms with Crippen LogP contribution in [0.15, 0.2) is 30.6 Å². The fraction of sp³-hybridized carbons (Fsp3) is 0.312. The summed E-state index contributed by atoms with van der Waals surface area (Å²) in [6.45, 7) is 5.54. The predicted octanol–water partition coefficient (Wildman–Crippen LogP) is 1.68. The number of fused-ring (bicyclic) bond motifs is 3. The van der Waals surface area contributed by atoms with E-state index in [0.717, 1.165) is 28.5 Å². The normalized spacial score (nSPS) is 11.9. The summed E-state index contributed by atoms with van der Waals surface area (Å²) in [7, 11) is 0. The number of pyridine rings is 1. The molecule has 0 aliphatic rings. The molecule has 7 heteroatoms. The number of para-hydroxylation sites is 1. The van der Waals surface area contributed by atoms with Crippen molar-refractivity contribution < 1.29 is 0 Å². The number of anilines is 1. The van der Waals surface area contributed by atoms with Crippen molar-refractivity contribution in [3.63, 3.8) is 0 Å². The van der Waals surface area contributed by atoms with Gasteiger partial charge in [-0.05, 0) is 6.07 Å². The van der Waals surface area contributed by atoms with Crippen LogP contribution in [0.3, 0.4) is 0 Å². The lowest BCUT2D eigenvalue weighted by Gasteiger charge is -2.26. The SMILES string of the molecule is CC(C)(CNC(=N)N)Cn1cnc2c(N)nc3ccccc3c21. The number of nitrogens with one attached hydrogen (secondary N) is 2. The molecule has 0 atom stereocenters. The summed E-state index contributed by atoms with van der Waals surface area (Å²) in [6, 6.07) is 7.91. The number of nitrogen functional groups attached to an aromatic ring is 1. The van der Waals surface area contributed by atoms with Gasteiger partial charge in [-0.3, -0.25) is 5.41 Å². The molecule has 0 bridgehead atoms. The van der Waals surface area contributed by atoms with Crippen LogP contribution in [0.1, 0.15) is 13.8 Å². The molecule has 0 saturated carbocycles. The van der Waals surface area contributed by atoms with E-state index < -0.39 is 0 Å². The van der Waals surface area contributed by atoms with Gasteiger partial charge in [0, 0.05) is 23.9 Å². The van der Waals surface area contributed by atoms with Gasteiger partial charge in [0.05, 0.1) is 17.4 Å². The number of nitrogens with zero attached hydrogens (tertiary/aromatic N) is 3. The van der Waals surface area contributed by atoms with Gasteiger partial charge < -0.3 is 21.4 Å². The Balaban J connectivity index is 2.06. The van der Waals surface area contributed by atoms with E-state index in [1.54, 1.807) is 6.33 Å². The Hall–Kier alpha value is -2.83. The fourth-order valence-corrected chi connectivity index (χ4v) is 2.78. The lowest BCUT2D eigenvalue weighted by Crippen LogP contribution is -2.39. The average Bonchev–Trinajstić information content (AvgIpc) is 2.90. The van der Waals surface area contributed by atoms with E-state index in [4.69, 9.17) is 16.9 Å². The number of guanidine groups is 1. The Kier molecular flexibility index (Phi) is 3.55. The van der Waals surface area contributed by atoms with E-state index in [0.29, 0.717) is 12.4 Å². The van der Waals surface area contributed by atoms with Crippen LogP contribution < -0.4 is 16.8 Å². The first-order chi connectivity index (χ1) is 10.9. The second-order valence-corrected chi connectivity index (χ2v) is 6.52. The van der Waals surface area contributed by atoms with E-state index in [2.05, 4.69) is 33.7 Å². The van der Waals surface area contributed by atoms with Gasteiger partial charge in [-0.15, -0.1) is 0 Å². The fourth-order valence-electron chi connectivity index (χ4n) is 2.78. The van der Waals surface area contributed by atoms with Crippen LogP contribution in [-0.2, 0) is 6.54 Å². The highest BCUT2D eigenvalue weighted by Crippen LogP contribution is 2.29. The number of aromatic nitrogens is 3. The summed E-state index contributed by atoms with van der Waals surface area (Å²) >= 11 is 0. The molecule has 0 aliphatic carbocycles. The van der Waals surface area contributed by atoms with E-state index in [9.17, 15) is 0 Å². The molecule has 2 heterocycles. The third-order valence-electron chi connectivity index (χ3n) is 3.84. The van der Waals surface area contributed by atoms with Crippen molar-refractivity contribution in [3.8, 4) is 0 Å². The van der Waals surface area contributed by atoms with Crippen molar-refractivity contribution in [1.29, 1.82) is 5.41 Å². The maximum Gasteiger partial charge on any atom is 0.185 e. The first-order valence-electron chi connectivity index (χ1n) is 7.44.